The molecule has 2 N–H and O–H groups in total. The minimum atomic E-state index is -0.381. The van der Waals surface area contributed by atoms with E-state index in [1.165, 1.54) is 13.2 Å². The molecule has 25 heavy (non-hydrogen) atoms. The number of amides is 2. The molecule has 0 saturated heterocycles. The molecule has 0 saturated carbocycles. The van der Waals surface area contributed by atoms with Crippen molar-refractivity contribution in [2.24, 2.45) is 0 Å². The lowest BCUT2D eigenvalue weighted by Gasteiger charge is -2.20. The minimum Gasteiger partial charge on any atom is -0.493 e. The number of rotatable bonds is 7. The summed E-state index contributed by atoms with van der Waals surface area (Å²) >= 11 is 6.18. The van der Waals surface area contributed by atoms with E-state index in [4.69, 9.17) is 21.1 Å². The zero-order chi connectivity index (χ0) is 19.0. The summed E-state index contributed by atoms with van der Waals surface area (Å²) in [7, 11) is 1.52. The molecule has 0 spiro atoms. The van der Waals surface area contributed by atoms with Crippen LogP contribution in [-0.4, -0.2) is 37.6 Å². The standard InChI is InChI=1S/C18H25ClN2O4/c1-6-25-17-13(19)9-12(10-14(17)24-5)7-8-15(22)20-11-16(23)21-18(2,3)4/h7-10H,6,11H2,1-5H3,(H,20,22)(H,21,23)/b8-7+. The van der Waals surface area contributed by atoms with Gasteiger partial charge in [-0.05, 0) is 51.5 Å². The van der Waals surface area contributed by atoms with Crippen LogP contribution in [-0.2, 0) is 9.59 Å². The van der Waals surface area contributed by atoms with Crippen LogP contribution in [0.5, 0.6) is 11.5 Å². The zero-order valence-corrected chi connectivity index (χ0v) is 16.0. The van der Waals surface area contributed by atoms with E-state index in [9.17, 15) is 9.59 Å². The Morgan fingerprint density at radius 3 is 2.52 bits per heavy atom. The number of methoxy groups -OCH3 is 1. The van der Waals surface area contributed by atoms with Crippen LogP contribution in [0.4, 0.5) is 0 Å². The highest BCUT2D eigenvalue weighted by Crippen LogP contribution is 2.36. The van der Waals surface area contributed by atoms with E-state index in [2.05, 4.69) is 10.6 Å². The van der Waals surface area contributed by atoms with E-state index in [0.717, 1.165) is 0 Å². The van der Waals surface area contributed by atoms with Gasteiger partial charge in [0.05, 0.1) is 25.3 Å². The highest BCUT2D eigenvalue weighted by molar-refractivity contribution is 6.32. The van der Waals surface area contributed by atoms with E-state index in [0.29, 0.717) is 28.7 Å². The van der Waals surface area contributed by atoms with Crippen LogP contribution in [0.2, 0.25) is 5.02 Å². The lowest BCUT2D eigenvalue weighted by Crippen LogP contribution is -2.45. The van der Waals surface area contributed by atoms with Crippen molar-refractivity contribution in [2.75, 3.05) is 20.3 Å². The average Bonchev–Trinajstić information content (AvgIpc) is 2.51. The van der Waals surface area contributed by atoms with Crippen LogP contribution < -0.4 is 20.1 Å². The van der Waals surface area contributed by atoms with Gasteiger partial charge in [0.25, 0.3) is 0 Å². The predicted octanol–water partition coefficient (Wildman–Crippen LogP) is 2.79. The Bertz CT molecular complexity index is 651. The van der Waals surface area contributed by atoms with Gasteiger partial charge >= 0.3 is 0 Å². The molecule has 0 aliphatic heterocycles. The van der Waals surface area contributed by atoms with Crippen molar-refractivity contribution in [2.45, 2.75) is 33.2 Å². The van der Waals surface area contributed by atoms with E-state index < -0.39 is 0 Å². The molecule has 0 heterocycles. The van der Waals surface area contributed by atoms with Crippen LogP contribution in [0.1, 0.15) is 33.3 Å². The van der Waals surface area contributed by atoms with Gasteiger partial charge < -0.3 is 20.1 Å². The highest BCUT2D eigenvalue weighted by atomic mass is 35.5. The molecule has 0 aromatic heterocycles. The number of halogens is 1. The van der Waals surface area contributed by atoms with Gasteiger partial charge in [-0.3, -0.25) is 9.59 Å². The molecule has 0 aliphatic rings. The molecule has 0 unspecified atom stereocenters. The van der Waals surface area contributed by atoms with Crippen molar-refractivity contribution in [1.82, 2.24) is 10.6 Å². The Balaban J connectivity index is 2.70. The molecule has 6 nitrogen and oxygen atoms in total. The normalized spacial score (nSPS) is 11.3. The molecule has 0 aliphatic carbocycles. The zero-order valence-electron chi connectivity index (χ0n) is 15.2. The van der Waals surface area contributed by atoms with E-state index in [1.807, 2.05) is 27.7 Å². The van der Waals surface area contributed by atoms with Crippen molar-refractivity contribution >= 4 is 29.5 Å². The summed E-state index contributed by atoms with van der Waals surface area (Å²) in [6.45, 7) is 7.84. The quantitative estimate of drug-likeness (QED) is 0.725. The van der Waals surface area contributed by atoms with Crippen molar-refractivity contribution in [3.05, 3.63) is 28.8 Å². The summed E-state index contributed by atoms with van der Waals surface area (Å²) in [5.74, 6) is 0.319. The Hall–Kier alpha value is -2.21. The fourth-order valence-corrected chi connectivity index (χ4v) is 2.25. The van der Waals surface area contributed by atoms with Crippen LogP contribution in [0.15, 0.2) is 18.2 Å². The monoisotopic (exact) mass is 368 g/mol. The van der Waals surface area contributed by atoms with E-state index >= 15 is 0 Å². The Morgan fingerprint density at radius 2 is 1.96 bits per heavy atom. The maximum atomic E-state index is 11.8. The number of carbonyl (C=O) groups excluding carboxylic acids is 2. The summed E-state index contributed by atoms with van der Waals surface area (Å²) in [5, 5.41) is 5.68. The van der Waals surface area contributed by atoms with Gasteiger partial charge in [-0.1, -0.05) is 11.6 Å². The van der Waals surface area contributed by atoms with Gasteiger partial charge in [-0.2, -0.15) is 0 Å². The first-order valence-corrected chi connectivity index (χ1v) is 8.31. The first-order valence-electron chi connectivity index (χ1n) is 7.93. The van der Waals surface area contributed by atoms with Gasteiger partial charge in [-0.25, -0.2) is 0 Å². The van der Waals surface area contributed by atoms with Crippen molar-refractivity contribution in [3.63, 3.8) is 0 Å². The summed E-state index contributed by atoms with van der Waals surface area (Å²) in [5.41, 5.74) is 0.340. The number of hydrogen-bond acceptors (Lipinski definition) is 4. The first-order chi connectivity index (χ1) is 11.7. The number of ether oxygens (including phenoxy) is 2. The topological polar surface area (TPSA) is 76.7 Å². The third kappa shape index (κ3) is 7.47. The Labute approximate surface area is 153 Å². The lowest BCUT2D eigenvalue weighted by molar-refractivity contribution is -0.124. The third-order valence-corrected chi connectivity index (χ3v) is 3.19. The second-order valence-electron chi connectivity index (χ2n) is 6.32. The lowest BCUT2D eigenvalue weighted by atomic mass is 10.1. The molecule has 1 rings (SSSR count). The first kappa shape index (κ1) is 20.8. The average molecular weight is 369 g/mol. The second-order valence-corrected chi connectivity index (χ2v) is 6.72. The summed E-state index contributed by atoms with van der Waals surface area (Å²) in [4.78, 5) is 23.5. The maximum Gasteiger partial charge on any atom is 0.244 e. The Kier molecular flexibility index (Phi) is 7.77. The Morgan fingerprint density at radius 1 is 1.28 bits per heavy atom. The molecule has 0 fully saturated rings. The van der Waals surface area contributed by atoms with Gasteiger partial charge in [0.15, 0.2) is 11.5 Å². The summed E-state index contributed by atoms with van der Waals surface area (Å²) in [6, 6.07) is 3.39. The molecule has 2 amide bonds. The van der Waals surface area contributed by atoms with Gasteiger partial charge in [0, 0.05) is 11.6 Å². The minimum absolute atomic E-state index is 0.0895. The molecule has 0 radical (unpaired) electrons. The van der Waals surface area contributed by atoms with Crippen LogP contribution >= 0.6 is 11.6 Å². The second kappa shape index (κ2) is 9.32. The molecular formula is C18H25ClN2O4. The summed E-state index contributed by atoms with van der Waals surface area (Å²) < 4.78 is 10.7. The number of carbonyl (C=O) groups is 2. The van der Waals surface area contributed by atoms with E-state index in [1.54, 1.807) is 18.2 Å². The molecule has 0 bridgehead atoms. The molecular weight excluding hydrogens is 344 g/mol. The number of hydrogen-bond donors (Lipinski definition) is 2. The van der Waals surface area contributed by atoms with Gasteiger partial charge in [-0.15, -0.1) is 0 Å². The maximum absolute atomic E-state index is 11.8. The van der Waals surface area contributed by atoms with Crippen molar-refractivity contribution in [3.8, 4) is 11.5 Å². The molecule has 138 valence electrons. The molecule has 7 heteroatoms. The molecule has 1 aromatic carbocycles. The molecule has 0 atom stereocenters. The van der Waals surface area contributed by atoms with Crippen molar-refractivity contribution < 1.29 is 19.1 Å². The van der Waals surface area contributed by atoms with Crippen LogP contribution in [0, 0.1) is 0 Å². The fraction of sp³-hybridized carbons (Fsp3) is 0.444. The largest absolute Gasteiger partial charge is 0.493 e. The molecule has 1 aromatic rings. The summed E-state index contributed by atoms with van der Waals surface area (Å²) in [6.07, 6.45) is 2.91. The number of nitrogens with one attached hydrogen (secondary N) is 2. The van der Waals surface area contributed by atoms with E-state index in [-0.39, 0.29) is 23.9 Å². The van der Waals surface area contributed by atoms with Gasteiger partial charge in [0.1, 0.15) is 0 Å². The van der Waals surface area contributed by atoms with Crippen LogP contribution in [0.25, 0.3) is 6.08 Å². The third-order valence-electron chi connectivity index (χ3n) is 2.91. The van der Waals surface area contributed by atoms with Gasteiger partial charge in [0.2, 0.25) is 11.8 Å². The fourth-order valence-electron chi connectivity index (χ4n) is 1.98. The number of benzene rings is 1. The SMILES string of the molecule is CCOc1c(Cl)cc(/C=C/C(=O)NCC(=O)NC(C)(C)C)cc1OC. The van der Waals surface area contributed by atoms with Crippen molar-refractivity contribution in [1.29, 1.82) is 0 Å². The highest BCUT2D eigenvalue weighted by Gasteiger charge is 2.14. The van der Waals surface area contributed by atoms with Crippen LogP contribution in [0.3, 0.4) is 0 Å². The predicted molar refractivity (Wildman–Crippen MR) is 99.1 cm³/mol. The smallest absolute Gasteiger partial charge is 0.244 e.